The molecule has 0 radical (unpaired) electrons. The van der Waals surface area contributed by atoms with Crippen molar-refractivity contribution in [2.24, 2.45) is 5.14 Å². The number of carbonyl (C=O) groups excluding carboxylic acids is 1. The summed E-state index contributed by atoms with van der Waals surface area (Å²) in [5.41, 5.74) is 3.98. The van der Waals surface area contributed by atoms with Crippen molar-refractivity contribution in [1.29, 1.82) is 0 Å². The molecular weight excluding hydrogens is 388 g/mol. The van der Waals surface area contributed by atoms with Gasteiger partial charge in [-0.2, -0.15) is 0 Å². The fourth-order valence-electron chi connectivity index (χ4n) is 3.05. The number of carbonyl (C=O) groups is 1. The van der Waals surface area contributed by atoms with Crippen LogP contribution in [-0.4, -0.2) is 24.3 Å². The molecule has 0 unspecified atom stereocenters. The fourth-order valence-corrected chi connectivity index (χ4v) is 3.86. The van der Waals surface area contributed by atoms with Crippen molar-refractivity contribution in [3.63, 3.8) is 0 Å². The number of nitrogens with zero attached hydrogens (tertiary/aromatic N) is 1. The number of primary sulfonamides is 1. The van der Waals surface area contributed by atoms with Crippen LogP contribution in [0.3, 0.4) is 0 Å². The number of aromatic nitrogens is 2. The first-order valence-corrected chi connectivity index (χ1v) is 10.4. The number of rotatable bonds is 4. The Balaban J connectivity index is 1.55. The Morgan fingerprint density at radius 2 is 1.76 bits per heavy atom. The highest BCUT2D eigenvalue weighted by Gasteiger charge is 2.15. The Hall–Kier alpha value is -3.49. The fraction of sp³-hybridized carbons (Fsp3) is 0.0476. The van der Waals surface area contributed by atoms with E-state index < -0.39 is 15.9 Å². The zero-order chi connectivity index (χ0) is 20.6. The number of nitrogens with one attached hydrogen (secondary N) is 2. The van der Waals surface area contributed by atoms with Crippen LogP contribution in [0.25, 0.3) is 22.4 Å². The van der Waals surface area contributed by atoms with Crippen LogP contribution in [0.15, 0.2) is 71.6 Å². The third kappa shape index (κ3) is 3.89. The van der Waals surface area contributed by atoms with Gasteiger partial charge in [0.1, 0.15) is 5.82 Å². The monoisotopic (exact) mass is 406 g/mol. The molecule has 0 aliphatic carbocycles. The lowest BCUT2D eigenvalue weighted by Crippen LogP contribution is -2.17. The standard InChI is InChI=1S/C21H18N4O3S/c1-13-6-7-15(12-19(13)29(22,27)28)21(26)23-16-10-8-14(9-11-16)20-24-17-4-2-3-5-18(17)25-20/h2-12H,1H3,(H,23,26)(H,24,25)(H2,22,27,28). The molecule has 0 atom stereocenters. The zero-order valence-electron chi connectivity index (χ0n) is 15.5. The second kappa shape index (κ2) is 7.16. The molecule has 8 heteroatoms. The van der Waals surface area contributed by atoms with Crippen LogP contribution in [0, 0.1) is 6.92 Å². The first-order valence-electron chi connectivity index (χ1n) is 8.81. The van der Waals surface area contributed by atoms with Crippen LogP contribution >= 0.6 is 0 Å². The summed E-state index contributed by atoms with van der Waals surface area (Å²) in [5.74, 6) is 0.312. The van der Waals surface area contributed by atoms with Crippen LogP contribution in [0.2, 0.25) is 0 Å². The van der Waals surface area contributed by atoms with E-state index in [1.54, 1.807) is 31.2 Å². The van der Waals surface area contributed by atoms with Crippen molar-refractivity contribution in [3.8, 4) is 11.4 Å². The quantitative estimate of drug-likeness (QED) is 0.481. The molecule has 0 fully saturated rings. The van der Waals surface area contributed by atoms with Gasteiger partial charge in [0.05, 0.1) is 15.9 Å². The summed E-state index contributed by atoms with van der Waals surface area (Å²) in [6.45, 7) is 1.62. The summed E-state index contributed by atoms with van der Waals surface area (Å²) in [6, 6.07) is 19.4. The highest BCUT2D eigenvalue weighted by atomic mass is 32.2. The number of amides is 1. The maximum absolute atomic E-state index is 12.5. The van der Waals surface area contributed by atoms with Gasteiger partial charge in [0, 0.05) is 16.8 Å². The Labute approximate surface area is 167 Å². The molecule has 7 nitrogen and oxygen atoms in total. The number of imidazole rings is 1. The molecule has 1 heterocycles. The van der Waals surface area contributed by atoms with E-state index in [4.69, 9.17) is 5.14 Å². The van der Waals surface area contributed by atoms with Gasteiger partial charge in [-0.1, -0.05) is 18.2 Å². The van der Waals surface area contributed by atoms with Gasteiger partial charge in [-0.25, -0.2) is 18.5 Å². The number of aromatic amines is 1. The predicted molar refractivity (Wildman–Crippen MR) is 112 cm³/mol. The van der Waals surface area contributed by atoms with E-state index >= 15 is 0 Å². The summed E-state index contributed by atoms with van der Waals surface area (Å²) >= 11 is 0. The van der Waals surface area contributed by atoms with Crippen LogP contribution in [-0.2, 0) is 10.0 Å². The Bertz CT molecular complexity index is 1290. The number of hydrogen-bond acceptors (Lipinski definition) is 4. The van der Waals surface area contributed by atoms with Crippen molar-refractivity contribution >= 4 is 32.7 Å². The van der Waals surface area contributed by atoms with E-state index in [-0.39, 0.29) is 10.5 Å². The number of nitrogens with two attached hydrogens (primary N) is 1. The molecule has 4 N–H and O–H groups in total. The average Bonchev–Trinajstić information content (AvgIpc) is 3.12. The number of anilines is 1. The number of aryl methyl sites for hydroxylation is 1. The van der Waals surface area contributed by atoms with Crippen LogP contribution in [0.5, 0.6) is 0 Å². The second-order valence-corrected chi connectivity index (χ2v) is 8.19. The lowest BCUT2D eigenvalue weighted by Gasteiger charge is -2.09. The minimum absolute atomic E-state index is 0.0645. The lowest BCUT2D eigenvalue weighted by molar-refractivity contribution is 0.102. The average molecular weight is 406 g/mol. The first kappa shape index (κ1) is 18.9. The number of benzene rings is 3. The van der Waals surface area contributed by atoms with Crippen LogP contribution in [0.4, 0.5) is 5.69 Å². The zero-order valence-corrected chi connectivity index (χ0v) is 16.3. The van der Waals surface area contributed by atoms with Crippen LogP contribution in [0.1, 0.15) is 15.9 Å². The minimum Gasteiger partial charge on any atom is -0.338 e. The molecule has 0 saturated heterocycles. The van der Waals surface area contributed by atoms with Crippen LogP contribution < -0.4 is 10.5 Å². The van der Waals surface area contributed by atoms with Crippen molar-refractivity contribution in [2.75, 3.05) is 5.32 Å². The Kier molecular flexibility index (Phi) is 4.65. The SMILES string of the molecule is Cc1ccc(C(=O)Nc2ccc(-c3nc4ccccc4[nH]3)cc2)cc1S(N)(=O)=O. The van der Waals surface area contributed by atoms with Crippen molar-refractivity contribution in [2.45, 2.75) is 11.8 Å². The highest BCUT2D eigenvalue weighted by molar-refractivity contribution is 7.89. The maximum Gasteiger partial charge on any atom is 0.255 e. The van der Waals surface area contributed by atoms with Gasteiger partial charge in [0.2, 0.25) is 10.0 Å². The summed E-state index contributed by atoms with van der Waals surface area (Å²) in [5, 5.41) is 7.97. The Morgan fingerprint density at radius 1 is 1.03 bits per heavy atom. The van der Waals surface area contributed by atoms with E-state index in [0.29, 0.717) is 11.3 Å². The summed E-state index contributed by atoms with van der Waals surface area (Å²) in [7, 11) is -3.90. The molecule has 0 aliphatic rings. The summed E-state index contributed by atoms with van der Waals surface area (Å²) in [4.78, 5) is 20.3. The molecule has 4 aromatic rings. The molecule has 0 saturated carbocycles. The van der Waals surface area contributed by atoms with Crippen molar-refractivity contribution in [1.82, 2.24) is 9.97 Å². The third-order valence-corrected chi connectivity index (χ3v) is 5.62. The molecule has 0 aliphatic heterocycles. The number of H-pyrrole nitrogens is 1. The first-order chi connectivity index (χ1) is 13.8. The van der Waals surface area contributed by atoms with Crippen molar-refractivity contribution < 1.29 is 13.2 Å². The van der Waals surface area contributed by atoms with Gasteiger partial charge < -0.3 is 10.3 Å². The number of sulfonamides is 1. The summed E-state index contributed by atoms with van der Waals surface area (Å²) < 4.78 is 23.3. The van der Waals surface area contributed by atoms with Gasteiger partial charge in [-0.3, -0.25) is 4.79 Å². The smallest absolute Gasteiger partial charge is 0.255 e. The Morgan fingerprint density at radius 3 is 2.45 bits per heavy atom. The van der Waals surface area contributed by atoms with E-state index in [1.165, 1.54) is 6.07 Å². The molecule has 0 spiro atoms. The van der Waals surface area contributed by atoms with Gasteiger partial charge >= 0.3 is 0 Å². The summed E-state index contributed by atoms with van der Waals surface area (Å²) in [6.07, 6.45) is 0. The normalized spacial score (nSPS) is 11.5. The van der Waals surface area contributed by atoms with Gasteiger partial charge in [-0.05, 0) is 61.0 Å². The number of para-hydroxylation sites is 2. The molecular formula is C21H18N4O3S. The minimum atomic E-state index is -3.90. The third-order valence-electron chi connectivity index (χ3n) is 4.56. The number of hydrogen-bond donors (Lipinski definition) is 3. The van der Waals surface area contributed by atoms with Gasteiger partial charge in [0.15, 0.2) is 0 Å². The maximum atomic E-state index is 12.5. The van der Waals surface area contributed by atoms with Crippen molar-refractivity contribution in [3.05, 3.63) is 77.9 Å². The molecule has 1 aromatic heterocycles. The molecule has 3 aromatic carbocycles. The molecule has 29 heavy (non-hydrogen) atoms. The van der Waals surface area contributed by atoms with E-state index in [9.17, 15) is 13.2 Å². The second-order valence-electron chi connectivity index (χ2n) is 6.66. The number of fused-ring (bicyclic) bond motifs is 1. The van der Waals surface area contributed by atoms with E-state index in [0.717, 1.165) is 22.4 Å². The van der Waals surface area contributed by atoms with E-state index in [2.05, 4.69) is 15.3 Å². The molecule has 1 amide bonds. The highest BCUT2D eigenvalue weighted by Crippen LogP contribution is 2.23. The molecule has 146 valence electrons. The largest absolute Gasteiger partial charge is 0.338 e. The lowest BCUT2D eigenvalue weighted by atomic mass is 10.1. The van der Waals surface area contributed by atoms with E-state index in [1.807, 2.05) is 36.4 Å². The van der Waals surface area contributed by atoms with Gasteiger partial charge in [-0.15, -0.1) is 0 Å². The molecule has 4 rings (SSSR count). The predicted octanol–water partition coefficient (Wildman–Crippen LogP) is 3.44. The van der Waals surface area contributed by atoms with Gasteiger partial charge in [0.25, 0.3) is 5.91 Å². The molecule has 0 bridgehead atoms. The topological polar surface area (TPSA) is 118 Å².